The molecule has 20 heavy (non-hydrogen) atoms. The maximum Gasteiger partial charge on any atom is 0.338 e. The molecule has 6 nitrogen and oxygen atoms in total. The highest BCUT2D eigenvalue weighted by atomic mass is 79.9. The predicted octanol–water partition coefficient (Wildman–Crippen LogP) is 3.90. The summed E-state index contributed by atoms with van der Waals surface area (Å²) in [6.45, 7) is 0. The van der Waals surface area contributed by atoms with Crippen molar-refractivity contribution in [3.8, 4) is 0 Å². The van der Waals surface area contributed by atoms with Crippen molar-refractivity contribution in [2.45, 2.75) is 0 Å². The number of nitrogens with zero attached hydrogens (tertiary/aromatic N) is 1. The van der Waals surface area contributed by atoms with Crippen molar-refractivity contribution in [3.63, 3.8) is 0 Å². The molecule has 104 valence electrons. The molecule has 0 radical (unpaired) electrons. The number of pyridine rings is 1. The fraction of sp³-hybridized carbons (Fsp3) is 0. The number of thiophene rings is 1. The molecule has 3 N–H and O–H groups in total. The van der Waals surface area contributed by atoms with E-state index in [9.17, 15) is 9.59 Å². The Morgan fingerprint density at radius 2 is 2.15 bits per heavy atom. The van der Waals surface area contributed by atoms with Crippen molar-refractivity contribution in [2.24, 2.45) is 0 Å². The molecule has 0 saturated heterocycles. The average molecular weight is 377 g/mol. The Labute approximate surface area is 130 Å². The number of carbonyl (C=O) groups is 2. The summed E-state index contributed by atoms with van der Waals surface area (Å²) >= 11 is 10.2. The number of aromatic carboxylic acids is 1. The minimum atomic E-state index is -1.11. The van der Waals surface area contributed by atoms with E-state index >= 15 is 0 Å². The normalized spacial score (nSPS) is 10.1. The second-order valence-corrected chi connectivity index (χ2v) is 5.73. The molecular weight excluding hydrogens is 370 g/mol. The molecule has 9 heteroatoms. The second kappa shape index (κ2) is 6.21. The molecule has 2 heterocycles. The maximum atomic E-state index is 11.8. The molecule has 0 aliphatic carbocycles. The molecule has 0 bridgehead atoms. The molecule has 0 spiro atoms. The molecule has 0 aliphatic rings. The second-order valence-electron chi connectivity index (χ2n) is 3.54. The van der Waals surface area contributed by atoms with Gasteiger partial charge in [0.05, 0.1) is 11.3 Å². The van der Waals surface area contributed by atoms with Crippen LogP contribution in [0.1, 0.15) is 10.4 Å². The number of nitrogens with one attached hydrogen (secondary N) is 2. The van der Waals surface area contributed by atoms with E-state index in [0.717, 1.165) is 11.3 Å². The molecule has 2 rings (SSSR count). The Bertz CT molecular complexity index is 677. The Morgan fingerprint density at radius 3 is 2.85 bits per heavy atom. The van der Waals surface area contributed by atoms with Gasteiger partial charge in [-0.3, -0.25) is 5.32 Å². The van der Waals surface area contributed by atoms with E-state index in [4.69, 9.17) is 16.7 Å². The number of rotatable bonds is 3. The molecule has 0 saturated carbocycles. The number of anilines is 2. The van der Waals surface area contributed by atoms with Crippen LogP contribution in [0.3, 0.4) is 0 Å². The molecule has 2 aromatic heterocycles. The van der Waals surface area contributed by atoms with Crippen LogP contribution in [0.4, 0.5) is 15.5 Å². The minimum Gasteiger partial charge on any atom is -0.478 e. The number of carboxylic acids is 1. The fourth-order valence-electron chi connectivity index (χ4n) is 1.34. The number of amides is 2. The Kier molecular flexibility index (Phi) is 4.58. The van der Waals surface area contributed by atoms with Crippen molar-refractivity contribution in [1.29, 1.82) is 0 Å². The first-order valence-corrected chi connectivity index (χ1v) is 7.22. The number of urea groups is 1. The summed E-state index contributed by atoms with van der Waals surface area (Å²) in [7, 11) is 0. The topological polar surface area (TPSA) is 91.3 Å². The van der Waals surface area contributed by atoms with E-state index in [-0.39, 0.29) is 15.7 Å². The SMILES string of the molecule is O=C(Nc1cc(Br)cnc1Cl)Nc1sccc1C(=O)O. The number of carboxylic acid groups (broad SMARTS) is 1. The summed E-state index contributed by atoms with van der Waals surface area (Å²) in [6.07, 6.45) is 1.49. The molecule has 2 aromatic rings. The molecule has 2 amide bonds. The van der Waals surface area contributed by atoms with Gasteiger partial charge in [-0.2, -0.15) is 0 Å². The number of aromatic nitrogens is 1. The van der Waals surface area contributed by atoms with Crippen molar-refractivity contribution in [1.82, 2.24) is 4.98 Å². The fourth-order valence-corrected chi connectivity index (χ4v) is 2.60. The van der Waals surface area contributed by atoms with Crippen LogP contribution in [0.5, 0.6) is 0 Å². The molecule has 0 fully saturated rings. The molecule has 0 aromatic carbocycles. The first-order chi connectivity index (χ1) is 9.47. The van der Waals surface area contributed by atoms with E-state index in [1.54, 1.807) is 11.4 Å². The standard InChI is InChI=1S/C11H7BrClN3O3S/c12-5-3-7(8(13)14-4-5)15-11(19)16-9-6(10(17)18)1-2-20-9/h1-4H,(H,17,18)(H2,15,16,19). The lowest BCUT2D eigenvalue weighted by Crippen LogP contribution is -2.20. The quantitative estimate of drug-likeness (QED) is 0.708. The van der Waals surface area contributed by atoms with Crippen LogP contribution in [-0.2, 0) is 0 Å². The van der Waals surface area contributed by atoms with Gasteiger partial charge in [0, 0.05) is 10.7 Å². The lowest BCUT2D eigenvalue weighted by molar-refractivity contribution is 0.0698. The lowest BCUT2D eigenvalue weighted by Gasteiger charge is -2.08. The number of carbonyl (C=O) groups excluding carboxylic acids is 1. The van der Waals surface area contributed by atoms with Gasteiger partial charge in [-0.25, -0.2) is 14.6 Å². The van der Waals surface area contributed by atoms with Gasteiger partial charge in [-0.15, -0.1) is 11.3 Å². The summed E-state index contributed by atoms with van der Waals surface area (Å²) < 4.78 is 0.652. The summed E-state index contributed by atoms with van der Waals surface area (Å²) in [5.41, 5.74) is 0.343. The van der Waals surface area contributed by atoms with Gasteiger partial charge in [0.2, 0.25) is 0 Å². The zero-order valence-corrected chi connectivity index (χ0v) is 12.8. The lowest BCUT2D eigenvalue weighted by atomic mass is 10.3. The van der Waals surface area contributed by atoms with Crippen LogP contribution >= 0.6 is 38.9 Å². The van der Waals surface area contributed by atoms with Gasteiger partial charge in [0.25, 0.3) is 0 Å². The van der Waals surface area contributed by atoms with Crippen LogP contribution in [0.25, 0.3) is 0 Å². The zero-order chi connectivity index (χ0) is 14.7. The van der Waals surface area contributed by atoms with E-state index in [2.05, 4.69) is 31.5 Å². The maximum absolute atomic E-state index is 11.8. The van der Waals surface area contributed by atoms with E-state index < -0.39 is 12.0 Å². The van der Waals surface area contributed by atoms with Crippen LogP contribution in [0, 0.1) is 0 Å². The highest BCUT2D eigenvalue weighted by Crippen LogP contribution is 2.25. The number of hydrogen-bond donors (Lipinski definition) is 3. The van der Waals surface area contributed by atoms with Gasteiger partial charge in [0.1, 0.15) is 5.00 Å². The van der Waals surface area contributed by atoms with Crippen molar-refractivity contribution < 1.29 is 14.7 Å². The monoisotopic (exact) mass is 375 g/mol. The van der Waals surface area contributed by atoms with E-state index in [1.807, 2.05) is 0 Å². The summed E-state index contributed by atoms with van der Waals surface area (Å²) in [6, 6.07) is 2.40. The largest absolute Gasteiger partial charge is 0.478 e. The van der Waals surface area contributed by atoms with Gasteiger partial charge >= 0.3 is 12.0 Å². The van der Waals surface area contributed by atoms with Crippen LogP contribution < -0.4 is 10.6 Å². The van der Waals surface area contributed by atoms with Crippen LogP contribution in [-0.4, -0.2) is 22.1 Å². The van der Waals surface area contributed by atoms with Crippen molar-refractivity contribution in [2.75, 3.05) is 10.6 Å². The van der Waals surface area contributed by atoms with Gasteiger partial charge < -0.3 is 10.4 Å². The van der Waals surface area contributed by atoms with Crippen molar-refractivity contribution in [3.05, 3.63) is 38.9 Å². The highest BCUT2D eigenvalue weighted by molar-refractivity contribution is 9.10. The molecule has 0 aliphatic heterocycles. The van der Waals surface area contributed by atoms with Crippen LogP contribution in [0.2, 0.25) is 5.15 Å². The van der Waals surface area contributed by atoms with Gasteiger partial charge in [-0.05, 0) is 33.4 Å². The first-order valence-electron chi connectivity index (χ1n) is 5.17. The predicted molar refractivity (Wildman–Crippen MR) is 80.9 cm³/mol. The molecule has 0 unspecified atom stereocenters. The minimum absolute atomic E-state index is 0.0311. The summed E-state index contributed by atoms with van der Waals surface area (Å²) in [5, 5.41) is 15.8. The number of hydrogen-bond acceptors (Lipinski definition) is 4. The zero-order valence-electron chi connectivity index (χ0n) is 9.68. The van der Waals surface area contributed by atoms with E-state index in [0.29, 0.717) is 10.2 Å². The smallest absolute Gasteiger partial charge is 0.338 e. The van der Waals surface area contributed by atoms with Gasteiger partial charge in [-0.1, -0.05) is 11.6 Å². The number of halogens is 2. The Balaban J connectivity index is 2.11. The molecule has 0 atom stereocenters. The van der Waals surface area contributed by atoms with Gasteiger partial charge in [0.15, 0.2) is 5.15 Å². The Hall–Kier alpha value is -1.64. The van der Waals surface area contributed by atoms with Crippen LogP contribution in [0.15, 0.2) is 28.2 Å². The van der Waals surface area contributed by atoms with E-state index in [1.165, 1.54) is 12.3 Å². The average Bonchev–Trinajstić information content (AvgIpc) is 2.82. The third kappa shape index (κ3) is 3.47. The highest BCUT2D eigenvalue weighted by Gasteiger charge is 2.14. The van der Waals surface area contributed by atoms with Crippen molar-refractivity contribution >= 4 is 61.6 Å². The summed E-state index contributed by atoms with van der Waals surface area (Å²) in [5.74, 6) is -1.11. The first kappa shape index (κ1) is 14.8. The summed E-state index contributed by atoms with van der Waals surface area (Å²) in [4.78, 5) is 26.6. The Morgan fingerprint density at radius 1 is 1.40 bits per heavy atom. The third-order valence-corrected chi connectivity index (χ3v) is 3.74. The molecular formula is C11H7BrClN3O3S. The third-order valence-electron chi connectivity index (χ3n) is 2.18.